The average molecular weight is 1030 g/mol. The summed E-state index contributed by atoms with van der Waals surface area (Å²) < 4.78 is 11.5. The van der Waals surface area contributed by atoms with Gasteiger partial charge in [-0.2, -0.15) is 6.07 Å². The molecular formula is C57H49N6OPt-3. The fourth-order valence-electron chi connectivity index (χ4n) is 9.46. The number of hydrogen-bond acceptors (Lipinski definition) is 5. The number of ether oxygens (including phenoxy) is 1. The van der Waals surface area contributed by atoms with Crippen molar-refractivity contribution < 1.29 is 25.8 Å². The standard InChI is InChI=1S/C57H49N6O.Pt/c1-36-29-39(57(6,7)8)30-37(2)53(36)61-35-60(49-23-16-27-59-55(49)61)51-34-42(32-46-44-20-13-14-21-47(44)62(54(46)51)40-17-10-9-11-18-40)64-41-24-25-45-43-19-12-15-22-48(43)63(50(45)33-41)52-31-38(26-28-58-52)56(3,4)5;/h9-32,35H,1-8H3;/q-3;. The van der Waals surface area contributed by atoms with Crippen molar-refractivity contribution in [2.75, 3.05) is 9.80 Å². The number of hydrogen-bond donors (Lipinski definition) is 0. The molecule has 7 nitrogen and oxygen atoms in total. The summed E-state index contributed by atoms with van der Waals surface area (Å²) >= 11 is 0. The van der Waals surface area contributed by atoms with Gasteiger partial charge >= 0.3 is 0 Å². The minimum Gasteiger partial charge on any atom is -0.509 e. The molecule has 1 aliphatic heterocycles. The van der Waals surface area contributed by atoms with Crippen LogP contribution < -0.4 is 14.5 Å². The van der Waals surface area contributed by atoms with Crippen molar-refractivity contribution in [3.63, 3.8) is 0 Å². The molecule has 10 aromatic rings. The molecule has 4 aromatic heterocycles. The van der Waals surface area contributed by atoms with E-state index in [4.69, 9.17) is 14.7 Å². The molecule has 0 saturated carbocycles. The molecule has 8 heteroatoms. The first kappa shape index (κ1) is 42.3. The number of para-hydroxylation sites is 3. The molecule has 0 aliphatic carbocycles. The molecule has 65 heavy (non-hydrogen) atoms. The number of aromatic nitrogens is 4. The van der Waals surface area contributed by atoms with Gasteiger partial charge in [-0.05, 0) is 112 Å². The Kier molecular flexibility index (Phi) is 10.3. The van der Waals surface area contributed by atoms with Crippen molar-refractivity contribution in [1.29, 1.82) is 0 Å². The summed E-state index contributed by atoms with van der Waals surface area (Å²) in [5.41, 5.74) is 12.9. The fraction of sp³-hybridized carbons (Fsp3) is 0.175. The SMILES string of the molecule is Cc1cc(C(C)(C)C)cc(C)c1N1[CH-]N(c2[c-]c(Oc3[c-]c4c(cc3)c3ccccc3n4-c3cc(C(C)(C)C)ccn3)cc3c4ccccc4n(-c4ccccc4)c23)c2cccnc21.[Pt]. The van der Waals surface area contributed by atoms with E-state index in [1.165, 1.54) is 22.3 Å². The molecule has 0 atom stereocenters. The summed E-state index contributed by atoms with van der Waals surface area (Å²) in [6.07, 6.45) is 3.78. The van der Waals surface area contributed by atoms with Gasteiger partial charge in [0.05, 0.1) is 5.69 Å². The van der Waals surface area contributed by atoms with Gasteiger partial charge in [0.15, 0.2) is 0 Å². The molecule has 0 unspecified atom stereocenters. The van der Waals surface area contributed by atoms with Gasteiger partial charge in [0.2, 0.25) is 0 Å². The van der Waals surface area contributed by atoms with Gasteiger partial charge in [-0.15, -0.1) is 36.3 Å². The van der Waals surface area contributed by atoms with E-state index in [1.807, 2.05) is 24.5 Å². The molecule has 0 saturated heterocycles. The Morgan fingerprint density at radius 3 is 1.92 bits per heavy atom. The largest absolute Gasteiger partial charge is 0.509 e. The summed E-state index contributed by atoms with van der Waals surface area (Å²) in [5.74, 6) is 2.85. The van der Waals surface area contributed by atoms with Crippen LogP contribution in [0.1, 0.15) is 63.8 Å². The van der Waals surface area contributed by atoms with Crippen molar-refractivity contribution in [2.24, 2.45) is 0 Å². The second-order valence-corrected chi connectivity index (χ2v) is 19.0. The molecule has 0 fully saturated rings. The van der Waals surface area contributed by atoms with E-state index >= 15 is 0 Å². The predicted octanol–water partition coefficient (Wildman–Crippen LogP) is 14.7. The quantitative estimate of drug-likeness (QED) is 0.155. The van der Waals surface area contributed by atoms with Crippen LogP contribution in [0.15, 0.2) is 146 Å². The number of aryl methyl sites for hydroxylation is 2. The molecule has 6 aromatic carbocycles. The molecule has 0 N–H and O–H groups in total. The van der Waals surface area contributed by atoms with Crippen LogP contribution >= 0.6 is 0 Å². The van der Waals surface area contributed by atoms with Crippen molar-refractivity contribution in [1.82, 2.24) is 19.1 Å². The van der Waals surface area contributed by atoms with E-state index in [9.17, 15) is 0 Å². The Morgan fingerprint density at radius 1 is 0.554 bits per heavy atom. The zero-order valence-electron chi connectivity index (χ0n) is 37.8. The van der Waals surface area contributed by atoms with Gasteiger partial charge in [-0.1, -0.05) is 125 Å². The zero-order chi connectivity index (χ0) is 44.1. The zero-order valence-corrected chi connectivity index (χ0v) is 40.1. The second kappa shape index (κ2) is 15.8. The van der Waals surface area contributed by atoms with E-state index in [2.05, 4.69) is 214 Å². The fourth-order valence-corrected chi connectivity index (χ4v) is 9.46. The van der Waals surface area contributed by atoms with Gasteiger partial charge in [0.25, 0.3) is 0 Å². The Bertz CT molecular complexity index is 3440. The molecule has 0 bridgehead atoms. The number of rotatable bonds is 6. The summed E-state index contributed by atoms with van der Waals surface area (Å²) in [6, 6.07) is 54.5. The van der Waals surface area contributed by atoms with Crippen LogP contribution in [0.25, 0.3) is 55.1 Å². The van der Waals surface area contributed by atoms with Crippen LogP contribution in [0.4, 0.5) is 22.9 Å². The van der Waals surface area contributed by atoms with Gasteiger partial charge in [-0.3, -0.25) is 0 Å². The van der Waals surface area contributed by atoms with Crippen LogP contribution in [0, 0.1) is 32.6 Å². The minimum atomic E-state index is -0.0425. The van der Waals surface area contributed by atoms with E-state index < -0.39 is 0 Å². The summed E-state index contributed by atoms with van der Waals surface area (Å²) in [7, 11) is 0. The molecule has 5 heterocycles. The van der Waals surface area contributed by atoms with Crippen molar-refractivity contribution >= 4 is 66.5 Å². The minimum absolute atomic E-state index is 0. The van der Waals surface area contributed by atoms with E-state index in [0.29, 0.717) is 11.5 Å². The first-order valence-corrected chi connectivity index (χ1v) is 22.0. The van der Waals surface area contributed by atoms with Crippen LogP contribution in [-0.4, -0.2) is 19.1 Å². The maximum Gasteiger partial charge on any atom is 0.135 e. The predicted molar refractivity (Wildman–Crippen MR) is 263 cm³/mol. The molecule has 326 valence electrons. The normalized spacial score (nSPS) is 13.0. The van der Waals surface area contributed by atoms with Gasteiger partial charge in [0, 0.05) is 67.4 Å². The molecule has 11 rings (SSSR count). The summed E-state index contributed by atoms with van der Waals surface area (Å²) in [4.78, 5) is 14.4. The Labute approximate surface area is 395 Å². The van der Waals surface area contributed by atoms with E-state index in [1.54, 1.807) is 0 Å². The Hall–Kier alpha value is -6.69. The third-order valence-corrected chi connectivity index (χ3v) is 12.6. The van der Waals surface area contributed by atoms with Crippen LogP contribution in [0.3, 0.4) is 0 Å². The number of nitrogens with zero attached hydrogens (tertiary/aromatic N) is 6. The summed E-state index contributed by atoms with van der Waals surface area (Å²) in [5, 5.41) is 4.36. The Balaban J connectivity index is 0.00000498. The van der Waals surface area contributed by atoms with Crippen molar-refractivity contribution in [2.45, 2.75) is 66.2 Å². The van der Waals surface area contributed by atoms with E-state index in [0.717, 1.165) is 78.0 Å². The number of fused-ring (bicyclic) bond motifs is 7. The molecule has 0 spiro atoms. The first-order valence-electron chi connectivity index (χ1n) is 22.0. The number of pyridine rings is 2. The molecule has 1 aliphatic rings. The van der Waals surface area contributed by atoms with Crippen LogP contribution in [0.5, 0.6) is 11.5 Å². The monoisotopic (exact) mass is 1030 g/mol. The maximum atomic E-state index is 6.98. The van der Waals surface area contributed by atoms with Gasteiger partial charge < -0.3 is 23.7 Å². The van der Waals surface area contributed by atoms with Crippen LogP contribution in [-0.2, 0) is 31.9 Å². The van der Waals surface area contributed by atoms with Crippen molar-refractivity contribution in [3.8, 4) is 23.0 Å². The number of anilines is 4. The smallest absolute Gasteiger partial charge is 0.135 e. The second-order valence-electron chi connectivity index (χ2n) is 19.0. The average Bonchev–Trinajstić information content (AvgIpc) is 3.94. The third-order valence-electron chi connectivity index (χ3n) is 12.6. The van der Waals surface area contributed by atoms with E-state index in [-0.39, 0.29) is 31.9 Å². The molecule has 0 radical (unpaired) electrons. The number of benzene rings is 6. The first-order chi connectivity index (χ1) is 30.8. The van der Waals surface area contributed by atoms with Gasteiger partial charge in [-0.25, -0.2) is 9.97 Å². The van der Waals surface area contributed by atoms with Crippen molar-refractivity contribution in [3.05, 3.63) is 187 Å². The topological polar surface area (TPSA) is 51.4 Å². The van der Waals surface area contributed by atoms with Gasteiger partial charge in [0.1, 0.15) is 11.6 Å². The molecular weight excluding hydrogens is 980 g/mol. The third kappa shape index (κ3) is 7.08. The maximum absolute atomic E-state index is 6.98. The van der Waals surface area contributed by atoms with Crippen LogP contribution in [0.2, 0.25) is 0 Å². The Morgan fingerprint density at radius 2 is 1.22 bits per heavy atom. The molecule has 0 amide bonds. The summed E-state index contributed by atoms with van der Waals surface area (Å²) in [6.45, 7) is 20.1.